The van der Waals surface area contributed by atoms with Crippen LogP contribution in [0.4, 0.5) is 0 Å². The zero-order chi connectivity index (χ0) is 12.5. The molecule has 0 spiro atoms. The largest absolute Gasteiger partial charge is 0.497 e. The van der Waals surface area contributed by atoms with Gasteiger partial charge in [0, 0.05) is 18.7 Å². The molecule has 1 atom stereocenters. The minimum atomic E-state index is -1.33. The molecule has 1 heterocycles. The van der Waals surface area contributed by atoms with Gasteiger partial charge in [-0.05, 0) is 24.3 Å². The van der Waals surface area contributed by atoms with E-state index in [-0.39, 0.29) is 5.03 Å². The number of methoxy groups -OCH3 is 2. The fraction of sp³-hybridized carbons (Fsp3) is 0.250. The van der Waals surface area contributed by atoms with E-state index in [1.165, 1.54) is 13.2 Å². The number of carbonyl (C=O) groups is 1. The van der Waals surface area contributed by atoms with Gasteiger partial charge in [0.05, 0.1) is 7.11 Å². The topological polar surface area (TPSA) is 44.8 Å². The molecule has 0 saturated carbocycles. The Labute approximate surface area is 104 Å². The van der Waals surface area contributed by atoms with Crippen molar-refractivity contribution in [3.63, 3.8) is 0 Å². The molecule has 0 aromatic heterocycles. The van der Waals surface area contributed by atoms with E-state index >= 15 is 0 Å². The van der Waals surface area contributed by atoms with Crippen molar-refractivity contribution in [2.75, 3.05) is 14.2 Å². The maximum atomic E-state index is 11.2. The average Bonchev–Trinajstić information content (AvgIpc) is 2.65. The van der Waals surface area contributed by atoms with Crippen molar-refractivity contribution < 1.29 is 19.0 Å². The van der Waals surface area contributed by atoms with Crippen LogP contribution in [-0.4, -0.2) is 20.2 Å². The van der Waals surface area contributed by atoms with Crippen molar-refractivity contribution in [2.24, 2.45) is 0 Å². The van der Waals surface area contributed by atoms with Crippen LogP contribution in [0.25, 0.3) is 0 Å². The van der Waals surface area contributed by atoms with E-state index in [9.17, 15) is 4.79 Å². The molecule has 0 aliphatic carbocycles. The van der Waals surface area contributed by atoms with Crippen molar-refractivity contribution in [1.29, 1.82) is 0 Å². The van der Waals surface area contributed by atoms with Crippen LogP contribution in [0.3, 0.4) is 0 Å². The third-order valence-corrected chi connectivity index (χ3v) is 2.92. The molecule has 1 aromatic carbocycles. The van der Waals surface area contributed by atoms with Crippen LogP contribution in [0, 0.1) is 0 Å². The summed E-state index contributed by atoms with van der Waals surface area (Å²) in [6.07, 6.45) is 1.20. The summed E-state index contributed by atoms with van der Waals surface area (Å²) >= 11 is 6.00. The monoisotopic (exact) mass is 254 g/mol. The summed E-state index contributed by atoms with van der Waals surface area (Å²) < 4.78 is 15.5. The Morgan fingerprint density at radius 3 is 2.29 bits per heavy atom. The van der Waals surface area contributed by atoms with Gasteiger partial charge in [-0.25, -0.2) is 4.79 Å². The molecule has 0 unspecified atom stereocenters. The van der Waals surface area contributed by atoms with Crippen molar-refractivity contribution in [2.45, 2.75) is 5.79 Å². The molecule has 2 rings (SSSR count). The predicted octanol–water partition coefficient (Wildman–Crippen LogP) is 2.17. The van der Waals surface area contributed by atoms with E-state index in [0.29, 0.717) is 11.3 Å². The molecular weight excluding hydrogens is 244 g/mol. The molecule has 0 bridgehead atoms. The second-order valence-electron chi connectivity index (χ2n) is 3.46. The maximum Gasteiger partial charge on any atom is 0.335 e. The van der Waals surface area contributed by atoms with Crippen molar-refractivity contribution in [1.82, 2.24) is 0 Å². The molecule has 90 valence electrons. The number of carbonyl (C=O) groups excluding carboxylic acids is 1. The van der Waals surface area contributed by atoms with Gasteiger partial charge in [0.25, 0.3) is 5.79 Å². The number of benzene rings is 1. The van der Waals surface area contributed by atoms with Crippen LogP contribution >= 0.6 is 11.6 Å². The third kappa shape index (κ3) is 1.90. The summed E-state index contributed by atoms with van der Waals surface area (Å²) in [4.78, 5) is 11.2. The first-order valence-electron chi connectivity index (χ1n) is 4.92. The molecule has 0 amide bonds. The summed E-state index contributed by atoms with van der Waals surface area (Å²) in [5.74, 6) is -1.15. The Balaban J connectivity index is 2.42. The van der Waals surface area contributed by atoms with Crippen LogP contribution in [0.15, 0.2) is 35.4 Å². The Morgan fingerprint density at radius 2 is 1.88 bits per heavy atom. The molecule has 0 radical (unpaired) electrons. The highest BCUT2D eigenvalue weighted by molar-refractivity contribution is 6.32. The van der Waals surface area contributed by atoms with E-state index in [4.69, 9.17) is 25.8 Å². The fourth-order valence-electron chi connectivity index (χ4n) is 1.68. The predicted molar refractivity (Wildman–Crippen MR) is 61.7 cm³/mol. The van der Waals surface area contributed by atoms with E-state index < -0.39 is 11.8 Å². The van der Waals surface area contributed by atoms with E-state index in [0.717, 1.165) is 0 Å². The summed E-state index contributed by atoms with van der Waals surface area (Å²) in [5, 5.41) is 0.204. The number of rotatable bonds is 3. The van der Waals surface area contributed by atoms with Crippen LogP contribution in [0.2, 0.25) is 0 Å². The highest BCUT2D eigenvalue weighted by Gasteiger charge is 2.45. The second kappa shape index (κ2) is 4.39. The lowest BCUT2D eigenvalue weighted by molar-refractivity contribution is -0.194. The molecule has 1 aromatic rings. The summed E-state index contributed by atoms with van der Waals surface area (Å²) in [6.45, 7) is 0. The Morgan fingerprint density at radius 1 is 1.24 bits per heavy atom. The molecule has 4 nitrogen and oxygen atoms in total. The lowest BCUT2D eigenvalue weighted by Gasteiger charge is -2.27. The van der Waals surface area contributed by atoms with Crippen LogP contribution in [-0.2, 0) is 20.1 Å². The molecular formula is C12H11ClO4. The summed E-state index contributed by atoms with van der Waals surface area (Å²) in [6, 6.07) is 6.95. The van der Waals surface area contributed by atoms with Crippen molar-refractivity contribution in [3.8, 4) is 5.75 Å². The van der Waals surface area contributed by atoms with Crippen molar-refractivity contribution >= 4 is 17.6 Å². The average molecular weight is 255 g/mol. The molecule has 1 aliphatic rings. The molecule has 1 aliphatic heterocycles. The quantitative estimate of drug-likeness (QED) is 0.776. The lowest BCUT2D eigenvalue weighted by Crippen LogP contribution is -2.30. The smallest absolute Gasteiger partial charge is 0.335 e. The maximum absolute atomic E-state index is 11.2. The Bertz CT molecular complexity index is 466. The van der Waals surface area contributed by atoms with Gasteiger partial charge < -0.3 is 14.2 Å². The van der Waals surface area contributed by atoms with Gasteiger partial charge in [-0.3, -0.25) is 0 Å². The first kappa shape index (κ1) is 12.0. The zero-order valence-electron chi connectivity index (χ0n) is 9.40. The molecule has 17 heavy (non-hydrogen) atoms. The van der Waals surface area contributed by atoms with Gasteiger partial charge >= 0.3 is 5.97 Å². The van der Waals surface area contributed by atoms with Gasteiger partial charge in [0.15, 0.2) is 0 Å². The number of hydrogen-bond donors (Lipinski definition) is 0. The van der Waals surface area contributed by atoms with Crippen LogP contribution in [0.1, 0.15) is 5.56 Å². The van der Waals surface area contributed by atoms with Gasteiger partial charge in [0.1, 0.15) is 10.8 Å². The minimum absolute atomic E-state index is 0.204. The Hall–Kier alpha value is -1.52. The first-order chi connectivity index (χ1) is 8.12. The van der Waals surface area contributed by atoms with Crippen LogP contribution in [0.5, 0.6) is 5.75 Å². The number of esters is 1. The van der Waals surface area contributed by atoms with Gasteiger partial charge in [-0.2, -0.15) is 0 Å². The van der Waals surface area contributed by atoms with Crippen LogP contribution < -0.4 is 4.74 Å². The van der Waals surface area contributed by atoms with Gasteiger partial charge in [0.2, 0.25) is 0 Å². The zero-order valence-corrected chi connectivity index (χ0v) is 10.2. The molecule has 5 heteroatoms. The highest BCUT2D eigenvalue weighted by atomic mass is 35.5. The van der Waals surface area contributed by atoms with E-state index in [2.05, 4.69) is 0 Å². The number of cyclic esters (lactones) is 1. The standard InChI is InChI=1S/C12H11ClO4/c1-15-9-5-3-8(4-6-9)12(16-2)10(13)7-11(14)17-12/h3-7H,1-2H3/t12-/m0/s1. The van der Waals surface area contributed by atoms with Crippen molar-refractivity contribution in [3.05, 3.63) is 40.9 Å². The molecule has 0 saturated heterocycles. The van der Waals surface area contributed by atoms with Gasteiger partial charge in [-0.1, -0.05) is 11.6 Å². The van der Waals surface area contributed by atoms with E-state index in [1.54, 1.807) is 31.4 Å². The summed E-state index contributed by atoms with van der Waals surface area (Å²) in [7, 11) is 3.00. The molecule has 0 N–H and O–H groups in total. The lowest BCUT2D eigenvalue weighted by atomic mass is 10.1. The first-order valence-corrected chi connectivity index (χ1v) is 5.30. The van der Waals surface area contributed by atoms with Gasteiger partial charge in [-0.15, -0.1) is 0 Å². The second-order valence-corrected chi connectivity index (χ2v) is 3.87. The van der Waals surface area contributed by atoms with E-state index in [1.807, 2.05) is 0 Å². The molecule has 0 fully saturated rings. The highest BCUT2D eigenvalue weighted by Crippen LogP contribution is 2.41. The number of ether oxygens (including phenoxy) is 3. The normalized spacial score (nSPS) is 23.2. The number of halogens is 1. The Kier molecular flexibility index (Phi) is 3.09. The SMILES string of the molecule is COc1ccc([C@]2(OC)OC(=O)C=C2Cl)cc1. The minimum Gasteiger partial charge on any atom is -0.497 e. The number of hydrogen-bond acceptors (Lipinski definition) is 4. The third-order valence-electron chi connectivity index (χ3n) is 2.56. The fourth-order valence-corrected chi connectivity index (χ4v) is 2.00. The summed E-state index contributed by atoms with van der Waals surface area (Å²) in [5.41, 5.74) is 0.632.